The van der Waals surface area contributed by atoms with Crippen molar-refractivity contribution in [3.05, 3.63) is 124 Å². The molecule has 0 saturated heterocycles. The largest absolute Gasteiger partial charge is 0.344 e. The molecular formula is C31H24FN7O2. The molecule has 4 aromatic heterocycles. The number of pyridine rings is 1. The molecule has 0 spiro atoms. The Hall–Kier alpha value is -5.56. The molecule has 9 nitrogen and oxygen atoms in total. The lowest BCUT2D eigenvalue weighted by atomic mass is 10.0. The molecule has 4 heterocycles. The summed E-state index contributed by atoms with van der Waals surface area (Å²) < 4.78 is 18.5. The monoisotopic (exact) mass is 545 g/mol. The van der Waals surface area contributed by atoms with Gasteiger partial charge in [-0.15, -0.1) is 0 Å². The number of nitrogens with one attached hydrogen (secondary N) is 1. The molecular weight excluding hydrogens is 521 g/mol. The molecule has 2 aromatic carbocycles. The summed E-state index contributed by atoms with van der Waals surface area (Å²) in [5.41, 5.74) is 3.20. The van der Waals surface area contributed by atoms with Crippen molar-refractivity contribution in [1.29, 1.82) is 0 Å². The Labute approximate surface area is 233 Å². The third kappa shape index (κ3) is 4.74. The van der Waals surface area contributed by atoms with Crippen molar-refractivity contribution in [2.45, 2.75) is 19.9 Å². The van der Waals surface area contributed by atoms with Gasteiger partial charge in [-0.2, -0.15) is 10.2 Å². The van der Waals surface area contributed by atoms with Crippen LogP contribution >= 0.6 is 0 Å². The van der Waals surface area contributed by atoms with E-state index in [2.05, 4.69) is 32.3 Å². The number of carbonyl (C=O) groups excluding carboxylic acids is 1. The molecule has 0 bridgehead atoms. The number of rotatable bonds is 4. The number of hydrogen-bond acceptors (Lipinski definition) is 5. The highest BCUT2D eigenvalue weighted by atomic mass is 19.1. The van der Waals surface area contributed by atoms with Gasteiger partial charge in [-0.25, -0.2) is 13.9 Å². The molecule has 202 valence electrons. The summed E-state index contributed by atoms with van der Waals surface area (Å²) >= 11 is 0. The molecule has 0 saturated carbocycles. The van der Waals surface area contributed by atoms with E-state index in [0.29, 0.717) is 50.2 Å². The standard InChI is InChI=1S/C31H24FN7O2/c1-19(35-30(40)27-20(2)36-38-15-5-14-33-29(27)38)26-16-23-7-4-6-22(9-8-21-17-34-37(3)18-21)28(23)31(41)39(26)25-12-10-24(32)11-13-25/h4-7,10-19H,1-3H3,(H,35,40). The summed E-state index contributed by atoms with van der Waals surface area (Å²) in [5.74, 6) is 5.37. The van der Waals surface area contributed by atoms with E-state index in [4.69, 9.17) is 0 Å². The molecule has 6 rings (SSSR count). The van der Waals surface area contributed by atoms with Crippen LogP contribution in [0.5, 0.6) is 0 Å². The van der Waals surface area contributed by atoms with Crippen molar-refractivity contribution in [1.82, 2.24) is 34.3 Å². The van der Waals surface area contributed by atoms with Gasteiger partial charge in [0.2, 0.25) is 0 Å². The van der Waals surface area contributed by atoms with Gasteiger partial charge in [0.05, 0.1) is 28.9 Å². The third-order valence-electron chi connectivity index (χ3n) is 6.80. The molecule has 0 radical (unpaired) electrons. The molecule has 1 amide bonds. The fraction of sp³-hybridized carbons (Fsp3) is 0.129. The summed E-state index contributed by atoms with van der Waals surface area (Å²) in [5, 5.41) is 12.6. The van der Waals surface area contributed by atoms with Crippen LogP contribution in [0.15, 0.2) is 84.2 Å². The first-order valence-electron chi connectivity index (χ1n) is 12.9. The number of halogens is 1. The minimum absolute atomic E-state index is 0.338. The van der Waals surface area contributed by atoms with Gasteiger partial charge in [0, 0.05) is 42.6 Å². The van der Waals surface area contributed by atoms with Crippen LogP contribution in [0.4, 0.5) is 4.39 Å². The highest BCUT2D eigenvalue weighted by Gasteiger charge is 2.23. The van der Waals surface area contributed by atoms with Crippen molar-refractivity contribution < 1.29 is 9.18 Å². The average molecular weight is 546 g/mol. The second kappa shape index (κ2) is 10.2. The number of fused-ring (bicyclic) bond motifs is 2. The van der Waals surface area contributed by atoms with E-state index in [-0.39, 0.29) is 11.5 Å². The minimum atomic E-state index is -0.618. The van der Waals surface area contributed by atoms with Crippen molar-refractivity contribution in [2.24, 2.45) is 7.05 Å². The highest BCUT2D eigenvalue weighted by Crippen LogP contribution is 2.24. The lowest BCUT2D eigenvalue weighted by Gasteiger charge is -2.21. The summed E-state index contributed by atoms with van der Waals surface area (Å²) in [6, 6.07) is 14.1. The van der Waals surface area contributed by atoms with E-state index in [1.54, 1.807) is 67.0 Å². The first-order chi connectivity index (χ1) is 19.8. The van der Waals surface area contributed by atoms with Crippen LogP contribution in [-0.4, -0.2) is 34.9 Å². The van der Waals surface area contributed by atoms with Crippen LogP contribution in [0.25, 0.3) is 22.1 Å². The number of nitrogens with zero attached hydrogens (tertiary/aromatic N) is 6. The van der Waals surface area contributed by atoms with Gasteiger partial charge in [-0.3, -0.25) is 18.8 Å². The molecule has 41 heavy (non-hydrogen) atoms. The second-order valence-corrected chi connectivity index (χ2v) is 9.65. The van der Waals surface area contributed by atoms with E-state index >= 15 is 0 Å². The van der Waals surface area contributed by atoms with Gasteiger partial charge in [0.15, 0.2) is 5.65 Å². The number of benzene rings is 2. The van der Waals surface area contributed by atoms with Gasteiger partial charge >= 0.3 is 0 Å². The van der Waals surface area contributed by atoms with Gasteiger partial charge in [0.25, 0.3) is 11.5 Å². The van der Waals surface area contributed by atoms with E-state index in [9.17, 15) is 14.0 Å². The van der Waals surface area contributed by atoms with Gasteiger partial charge in [-0.1, -0.05) is 24.0 Å². The van der Waals surface area contributed by atoms with Gasteiger partial charge < -0.3 is 5.32 Å². The summed E-state index contributed by atoms with van der Waals surface area (Å²) in [6.45, 7) is 3.53. The SMILES string of the molecule is Cc1nn2cccnc2c1C(=O)NC(C)c1cc2cccc(C#Cc3cnn(C)c3)c2c(=O)n1-c1ccc(F)cc1. The Morgan fingerprint density at radius 3 is 2.66 bits per heavy atom. The normalized spacial score (nSPS) is 11.8. The van der Waals surface area contributed by atoms with Crippen LogP contribution in [0, 0.1) is 24.6 Å². The second-order valence-electron chi connectivity index (χ2n) is 9.65. The molecule has 1 unspecified atom stereocenters. The van der Waals surface area contributed by atoms with E-state index in [1.165, 1.54) is 28.8 Å². The Morgan fingerprint density at radius 2 is 1.90 bits per heavy atom. The Morgan fingerprint density at radius 1 is 1.10 bits per heavy atom. The third-order valence-corrected chi connectivity index (χ3v) is 6.80. The van der Waals surface area contributed by atoms with Crippen molar-refractivity contribution in [2.75, 3.05) is 0 Å². The van der Waals surface area contributed by atoms with Gasteiger partial charge in [0.1, 0.15) is 11.4 Å². The van der Waals surface area contributed by atoms with Crippen LogP contribution in [0.1, 0.15) is 45.8 Å². The smallest absolute Gasteiger partial charge is 0.264 e. The first kappa shape index (κ1) is 25.7. The molecule has 6 aromatic rings. The maximum atomic E-state index is 14.2. The van der Waals surface area contributed by atoms with Crippen LogP contribution in [0.2, 0.25) is 0 Å². The average Bonchev–Trinajstić information content (AvgIpc) is 3.53. The first-order valence-corrected chi connectivity index (χ1v) is 12.9. The summed E-state index contributed by atoms with van der Waals surface area (Å²) in [4.78, 5) is 32.0. The molecule has 0 aliphatic carbocycles. The fourth-order valence-corrected chi connectivity index (χ4v) is 4.89. The zero-order chi connectivity index (χ0) is 28.7. The molecule has 0 aliphatic heterocycles. The predicted octanol–water partition coefficient (Wildman–Crippen LogP) is 4.11. The Bertz CT molecular complexity index is 2080. The predicted molar refractivity (Wildman–Crippen MR) is 152 cm³/mol. The molecule has 1 atom stereocenters. The maximum absolute atomic E-state index is 14.2. The quantitative estimate of drug-likeness (QED) is 0.336. The van der Waals surface area contributed by atoms with E-state index in [1.807, 2.05) is 18.2 Å². The van der Waals surface area contributed by atoms with Crippen molar-refractivity contribution >= 4 is 22.3 Å². The topological polar surface area (TPSA) is 99.1 Å². The summed E-state index contributed by atoms with van der Waals surface area (Å²) in [7, 11) is 1.80. The van der Waals surface area contributed by atoms with Crippen LogP contribution in [-0.2, 0) is 7.05 Å². The molecule has 0 aliphatic rings. The molecule has 1 N–H and O–H groups in total. The number of carbonyl (C=O) groups is 1. The molecule has 10 heteroatoms. The number of hydrogen-bond donors (Lipinski definition) is 1. The minimum Gasteiger partial charge on any atom is -0.344 e. The number of aromatic nitrogens is 6. The zero-order valence-electron chi connectivity index (χ0n) is 22.5. The lowest BCUT2D eigenvalue weighted by molar-refractivity contribution is 0.0939. The van der Waals surface area contributed by atoms with Crippen LogP contribution in [0.3, 0.4) is 0 Å². The maximum Gasteiger partial charge on any atom is 0.264 e. The number of amides is 1. The van der Waals surface area contributed by atoms with E-state index in [0.717, 1.165) is 0 Å². The summed E-state index contributed by atoms with van der Waals surface area (Å²) in [6.07, 6.45) is 6.76. The zero-order valence-corrected chi connectivity index (χ0v) is 22.5. The number of aryl methyl sites for hydroxylation is 2. The van der Waals surface area contributed by atoms with Crippen molar-refractivity contribution in [3.63, 3.8) is 0 Å². The van der Waals surface area contributed by atoms with Crippen LogP contribution < -0.4 is 10.9 Å². The van der Waals surface area contributed by atoms with Crippen molar-refractivity contribution in [3.8, 4) is 17.5 Å². The Kier molecular flexibility index (Phi) is 6.40. The molecule has 0 fully saturated rings. The lowest BCUT2D eigenvalue weighted by Crippen LogP contribution is -2.32. The fourth-order valence-electron chi connectivity index (χ4n) is 4.89. The van der Waals surface area contributed by atoms with E-state index < -0.39 is 11.9 Å². The highest BCUT2D eigenvalue weighted by molar-refractivity contribution is 6.01. The van der Waals surface area contributed by atoms with Gasteiger partial charge in [-0.05, 0) is 61.7 Å². The Balaban J connectivity index is 1.49.